The van der Waals surface area contributed by atoms with Crippen molar-refractivity contribution in [3.63, 3.8) is 0 Å². The Labute approximate surface area is 73.9 Å². The number of hydrogen-bond donors (Lipinski definition) is 1. The normalized spacial score (nSPS) is 37.5. The first-order chi connectivity index (χ1) is 6.02. The fraction of sp³-hybridized carbons (Fsp3) is 0.500. The number of carbonyl (C=O) groups excluding carboxylic acids is 2. The smallest absolute Gasteiger partial charge is 0.235 e. The van der Waals surface area contributed by atoms with Crippen LogP contribution in [0.2, 0.25) is 0 Å². The number of methoxy groups -OCH3 is 1. The average molecular weight is 184 g/mol. The summed E-state index contributed by atoms with van der Waals surface area (Å²) in [5.41, 5.74) is -1.15. The van der Waals surface area contributed by atoms with Crippen LogP contribution in [-0.2, 0) is 19.1 Å². The van der Waals surface area contributed by atoms with E-state index in [1.165, 1.54) is 14.0 Å². The van der Waals surface area contributed by atoms with Gasteiger partial charge in [0.2, 0.25) is 23.1 Å². The van der Waals surface area contributed by atoms with E-state index in [0.29, 0.717) is 0 Å². The predicted molar refractivity (Wildman–Crippen MR) is 40.0 cm³/mol. The lowest BCUT2D eigenvalue weighted by atomic mass is 9.91. The van der Waals surface area contributed by atoms with Gasteiger partial charge in [0.15, 0.2) is 11.7 Å². The maximum absolute atomic E-state index is 11.3. The van der Waals surface area contributed by atoms with Crippen LogP contribution in [0, 0.1) is 0 Å². The van der Waals surface area contributed by atoms with Gasteiger partial charge in [-0.2, -0.15) is 0 Å². The first-order valence-corrected chi connectivity index (χ1v) is 3.76. The highest BCUT2D eigenvalue weighted by atomic mass is 16.6. The minimum atomic E-state index is -1.15. The Morgan fingerprint density at radius 2 is 2.15 bits per heavy atom. The number of carbonyl (C=O) groups is 2. The zero-order valence-corrected chi connectivity index (χ0v) is 7.16. The monoisotopic (exact) mass is 184 g/mol. The molecular formula is C8H8O5. The summed E-state index contributed by atoms with van der Waals surface area (Å²) in [6, 6.07) is 0. The van der Waals surface area contributed by atoms with Crippen molar-refractivity contribution in [3.8, 4) is 0 Å². The van der Waals surface area contributed by atoms with Crippen molar-refractivity contribution in [3.05, 3.63) is 11.5 Å². The van der Waals surface area contributed by atoms with Crippen LogP contribution in [0.1, 0.15) is 6.92 Å². The molecule has 1 aliphatic carbocycles. The van der Waals surface area contributed by atoms with Gasteiger partial charge in [-0.15, -0.1) is 0 Å². The Kier molecular flexibility index (Phi) is 1.34. The van der Waals surface area contributed by atoms with Crippen molar-refractivity contribution in [2.24, 2.45) is 0 Å². The van der Waals surface area contributed by atoms with Gasteiger partial charge >= 0.3 is 0 Å². The van der Waals surface area contributed by atoms with Crippen LogP contribution in [0.15, 0.2) is 11.5 Å². The number of hydrogen-bond acceptors (Lipinski definition) is 5. The zero-order chi connectivity index (χ0) is 9.80. The van der Waals surface area contributed by atoms with E-state index in [2.05, 4.69) is 4.74 Å². The van der Waals surface area contributed by atoms with Crippen LogP contribution in [0.4, 0.5) is 0 Å². The van der Waals surface area contributed by atoms with E-state index in [1.807, 2.05) is 0 Å². The highest BCUT2D eigenvalue weighted by Gasteiger charge is 2.67. The number of epoxide rings is 1. The van der Waals surface area contributed by atoms with Gasteiger partial charge < -0.3 is 14.6 Å². The lowest BCUT2D eigenvalue weighted by Gasteiger charge is -2.13. The molecule has 70 valence electrons. The van der Waals surface area contributed by atoms with Crippen LogP contribution in [0.3, 0.4) is 0 Å². The second kappa shape index (κ2) is 2.11. The summed E-state index contributed by atoms with van der Waals surface area (Å²) in [5, 5.41) is 9.27. The van der Waals surface area contributed by atoms with Gasteiger partial charge in [0, 0.05) is 0 Å². The predicted octanol–water partition coefficient (Wildman–Crippen LogP) is -0.288. The van der Waals surface area contributed by atoms with Crippen LogP contribution < -0.4 is 0 Å². The summed E-state index contributed by atoms with van der Waals surface area (Å²) in [6.07, 6.45) is -0.772. The minimum Gasteiger partial charge on any atom is -0.502 e. The van der Waals surface area contributed by atoms with Gasteiger partial charge in [-0.3, -0.25) is 9.59 Å². The van der Waals surface area contributed by atoms with Crippen molar-refractivity contribution >= 4 is 11.6 Å². The van der Waals surface area contributed by atoms with E-state index in [1.54, 1.807) is 0 Å². The molecule has 5 nitrogen and oxygen atoms in total. The van der Waals surface area contributed by atoms with E-state index in [4.69, 9.17) is 4.74 Å². The first kappa shape index (κ1) is 8.25. The average Bonchev–Trinajstić information content (AvgIpc) is 2.78. The van der Waals surface area contributed by atoms with Crippen molar-refractivity contribution in [1.82, 2.24) is 0 Å². The molecule has 2 rings (SSSR count). The molecule has 1 N–H and O–H groups in total. The lowest BCUT2D eigenvalue weighted by molar-refractivity contribution is -0.126. The molecule has 0 spiro atoms. The van der Waals surface area contributed by atoms with Gasteiger partial charge in [-0.05, 0) is 6.92 Å². The summed E-state index contributed by atoms with van der Waals surface area (Å²) in [5.74, 6) is -2.00. The third-order valence-corrected chi connectivity index (χ3v) is 2.35. The Morgan fingerprint density at radius 1 is 1.54 bits per heavy atom. The zero-order valence-electron chi connectivity index (χ0n) is 7.16. The van der Waals surface area contributed by atoms with Gasteiger partial charge in [-0.25, -0.2) is 0 Å². The van der Waals surface area contributed by atoms with Gasteiger partial charge in [-0.1, -0.05) is 0 Å². The summed E-state index contributed by atoms with van der Waals surface area (Å²) >= 11 is 0. The second-order valence-electron chi connectivity index (χ2n) is 3.18. The van der Waals surface area contributed by atoms with Crippen LogP contribution in [-0.4, -0.2) is 35.5 Å². The summed E-state index contributed by atoms with van der Waals surface area (Å²) in [4.78, 5) is 22.7. The maximum Gasteiger partial charge on any atom is 0.235 e. The highest BCUT2D eigenvalue weighted by molar-refractivity contribution is 6.18. The van der Waals surface area contributed by atoms with Gasteiger partial charge in [0.05, 0.1) is 7.11 Å². The van der Waals surface area contributed by atoms with Crippen molar-refractivity contribution in [2.45, 2.75) is 18.6 Å². The molecule has 0 aromatic rings. The fourth-order valence-corrected chi connectivity index (χ4v) is 1.46. The first-order valence-electron chi connectivity index (χ1n) is 3.76. The van der Waals surface area contributed by atoms with Gasteiger partial charge in [0.25, 0.3) is 0 Å². The second-order valence-corrected chi connectivity index (χ2v) is 3.18. The third-order valence-electron chi connectivity index (χ3n) is 2.35. The molecule has 0 radical (unpaired) electrons. The van der Waals surface area contributed by atoms with E-state index in [-0.39, 0.29) is 5.76 Å². The molecule has 0 aromatic carbocycles. The molecule has 2 aliphatic rings. The molecule has 0 amide bonds. The molecule has 1 heterocycles. The van der Waals surface area contributed by atoms with E-state index in [9.17, 15) is 14.7 Å². The number of ketones is 2. The molecule has 0 saturated carbocycles. The number of rotatable bonds is 1. The Morgan fingerprint density at radius 3 is 2.69 bits per heavy atom. The van der Waals surface area contributed by atoms with E-state index >= 15 is 0 Å². The molecule has 5 heteroatoms. The van der Waals surface area contributed by atoms with Crippen molar-refractivity contribution < 1.29 is 24.2 Å². The SMILES string of the molecule is COC1=C(O)C(=O)[C@]2(C)O[C@@H]2C1=O. The Hall–Kier alpha value is -1.36. The molecule has 0 unspecified atom stereocenters. The fourth-order valence-electron chi connectivity index (χ4n) is 1.46. The van der Waals surface area contributed by atoms with Crippen LogP contribution in [0.25, 0.3) is 0 Å². The maximum atomic E-state index is 11.3. The Bertz CT molecular complexity index is 342. The lowest BCUT2D eigenvalue weighted by Crippen LogP contribution is -2.36. The van der Waals surface area contributed by atoms with Crippen LogP contribution >= 0.6 is 0 Å². The molecule has 0 aromatic heterocycles. The highest BCUT2D eigenvalue weighted by Crippen LogP contribution is 2.44. The van der Waals surface area contributed by atoms with Crippen LogP contribution in [0.5, 0.6) is 0 Å². The topological polar surface area (TPSA) is 76.1 Å². The number of Topliss-reactive ketones (excluding diaryl/α,β-unsaturated/α-hetero) is 2. The molecular weight excluding hydrogens is 176 g/mol. The molecule has 2 atom stereocenters. The Balaban J connectivity index is 2.49. The van der Waals surface area contributed by atoms with Crippen molar-refractivity contribution in [2.75, 3.05) is 7.11 Å². The van der Waals surface area contributed by atoms with Crippen molar-refractivity contribution in [1.29, 1.82) is 0 Å². The summed E-state index contributed by atoms with van der Waals surface area (Å²) in [7, 11) is 1.22. The summed E-state index contributed by atoms with van der Waals surface area (Å²) < 4.78 is 9.52. The largest absolute Gasteiger partial charge is 0.502 e. The van der Waals surface area contributed by atoms with E-state index < -0.39 is 29.0 Å². The van der Waals surface area contributed by atoms with Gasteiger partial charge in [0.1, 0.15) is 0 Å². The minimum absolute atomic E-state index is 0.301. The molecule has 1 saturated heterocycles. The number of ether oxygens (including phenoxy) is 2. The number of aliphatic hydroxyl groups excluding tert-OH is 1. The third kappa shape index (κ3) is 0.793. The molecule has 13 heavy (non-hydrogen) atoms. The molecule has 0 bridgehead atoms. The standard InChI is InChI=1S/C8H8O5/c1-8-6(11)3(9)5(12-2)4(10)7(8)13-8/h7,9H,1-2H3/t7-,8+/m1/s1. The summed E-state index contributed by atoms with van der Waals surface area (Å²) in [6.45, 7) is 1.47. The molecule has 1 fully saturated rings. The quantitative estimate of drug-likeness (QED) is 0.567. The number of fused-ring (bicyclic) bond motifs is 1. The number of aliphatic hydroxyl groups is 1. The molecule has 1 aliphatic heterocycles. The van der Waals surface area contributed by atoms with E-state index in [0.717, 1.165) is 0 Å².